The van der Waals surface area contributed by atoms with Gasteiger partial charge in [0.2, 0.25) is 5.91 Å². The number of hydrogen-bond donors (Lipinski definition) is 2. The fourth-order valence-corrected chi connectivity index (χ4v) is 2.83. The molecule has 0 radical (unpaired) electrons. The first kappa shape index (κ1) is 21.2. The minimum absolute atomic E-state index is 0.0391. The lowest BCUT2D eigenvalue weighted by Gasteiger charge is -2.08. The molecule has 0 unspecified atom stereocenters. The Balaban J connectivity index is 1.64. The quantitative estimate of drug-likeness (QED) is 0.441. The zero-order valence-corrected chi connectivity index (χ0v) is 16.9. The van der Waals surface area contributed by atoms with Gasteiger partial charge in [0.05, 0.1) is 17.7 Å². The molecule has 0 aromatic heterocycles. The summed E-state index contributed by atoms with van der Waals surface area (Å²) in [5.41, 5.74) is 5.05. The second kappa shape index (κ2) is 9.80. The predicted octanol–water partition coefficient (Wildman–Crippen LogP) is 4.81. The molecule has 3 aromatic rings. The van der Waals surface area contributed by atoms with Crippen LogP contribution in [0.4, 0.5) is 10.1 Å². The molecule has 0 spiro atoms. The van der Waals surface area contributed by atoms with Crippen molar-refractivity contribution in [2.75, 3.05) is 5.32 Å². The topological polar surface area (TPSA) is 70.6 Å². The van der Waals surface area contributed by atoms with Crippen LogP contribution >= 0.6 is 11.6 Å². The van der Waals surface area contributed by atoms with Crippen LogP contribution in [-0.2, 0) is 11.2 Å². The van der Waals surface area contributed by atoms with Crippen molar-refractivity contribution in [3.63, 3.8) is 0 Å². The van der Waals surface area contributed by atoms with Crippen LogP contribution in [-0.4, -0.2) is 17.5 Å². The van der Waals surface area contributed by atoms with Gasteiger partial charge in [-0.05, 0) is 54.4 Å². The van der Waals surface area contributed by atoms with Crippen LogP contribution in [0.1, 0.15) is 28.4 Å². The number of benzene rings is 3. The molecule has 3 rings (SSSR count). The molecule has 0 fully saturated rings. The Morgan fingerprint density at radius 2 is 1.73 bits per heavy atom. The molecule has 0 saturated heterocycles. The molecule has 0 saturated carbocycles. The first-order chi connectivity index (χ1) is 14.4. The van der Waals surface area contributed by atoms with Crippen molar-refractivity contribution in [3.8, 4) is 0 Å². The van der Waals surface area contributed by atoms with Crippen LogP contribution in [0.15, 0.2) is 77.9 Å². The van der Waals surface area contributed by atoms with E-state index < -0.39 is 11.7 Å². The summed E-state index contributed by atoms with van der Waals surface area (Å²) in [7, 11) is 0. The molecular formula is C23H19ClFN3O2. The number of carbonyl (C=O) groups excluding carboxylic acids is 2. The first-order valence-corrected chi connectivity index (χ1v) is 9.54. The molecule has 3 aromatic carbocycles. The molecule has 152 valence electrons. The number of nitrogens with zero attached hydrogens (tertiary/aromatic N) is 1. The van der Waals surface area contributed by atoms with Gasteiger partial charge in [0.15, 0.2) is 0 Å². The van der Waals surface area contributed by atoms with E-state index in [1.54, 1.807) is 61.5 Å². The lowest BCUT2D eigenvalue weighted by molar-refractivity contribution is -0.120. The summed E-state index contributed by atoms with van der Waals surface area (Å²) in [5.74, 6) is -1.40. The summed E-state index contributed by atoms with van der Waals surface area (Å²) in [6.07, 6.45) is 0.173. The number of hydrazone groups is 1. The van der Waals surface area contributed by atoms with E-state index in [0.29, 0.717) is 22.0 Å². The molecule has 0 heterocycles. The number of hydrogen-bond acceptors (Lipinski definition) is 3. The number of amides is 2. The second-order valence-corrected chi connectivity index (χ2v) is 6.99. The van der Waals surface area contributed by atoms with E-state index in [1.807, 2.05) is 0 Å². The molecule has 7 heteroatoms. The minimum atomic E-state index is -0.590. The number of nitrogens with one attached hydrogen (secondary N) is 2. The molecule has 0 aliphatic carbocycles. The van der Waals surface area contributed by atoms with Gasteiger partial charge in [0, 0.05) is 10.7 Å². The number of anilines is 1. The van der Waals surface area contributed by atoms with E-state index in [1.165, 1.54) is 18.2 Å². The molecule has 5 nitrogen and oxygen atoms in total. The Hall–Kier alpha value is -3.51. The lowest BCUT2D eigenvalue weighted by Crippen LogP contribution is -2.21. The van der Waals surface area contributed by atoms with Crippen LogP contribution in [0.5, 0.6) is 0 Å². The van der Waals surface area contributed by atoms with Gasteiger partial charge in [-0.15, -0.1) is 0 Å². The Bertz CT molecular complexity index is 1100. The van der Waals surface area contributed by atoms with Crippen LogP contribution in [0.2, 0.25) is 5.02 Å². The molecular weight excluding hydrogens is 405 g/mol. The molecule has 0 bridgehead atoms. The van der Waals surface area contributed by atoms with E-state index >= 15 is 0 Å². The molecule has 0 aliphatic rings. The van der Waals surface area contributed by atoms with Gasteiger partial charge in [-0.25, -0.2) is 9.82 Å². The number of carbonyl (C=O) groups is 2. The maximum atomic E-state index is 13.8. The molecule has 2 N–H and O–H groups in total. The summed E-state index contributed by atoms with van der Waals surface area (Å²) in [6, 6.07) is 19.7. The smallest absolute Gasteiger partial charge is 0.258 e. The van der Waals surface area contributed by atoms with Gasteiger partial charge in [-0.1, -0.05) is 48.0 Å². The SMILES string of the molecule is C/C(=N/NC(=O)Cc1ccc(Cl)cc1)c1cccc(NC(=O)c2ccccc2F)c1. The fraction of sp³-hybridized carbons (Fsp3) is 0.0870. The van der Waals surface area contributed by atoms with E-state index in [2.05, 4.69) is 15.8 Å². The molecule has 0 aliphatic heterocycles. The van der Waals surface area contributed by atoms with Crippen LogP contribution in [0.3, 0.4) is 0 Å². The third kappa shape index (κ3) is 5.75. The van der Waals surface area contributed by atoms with E-state index in [-0.39, 0.29) is 17.9 Å². The zero-order valence-electron chi connectivity index (χ0n) is 16.2. The summed E-state index contributed by atoms with van der Waals surface area (Å²) in [5, 5.41) is 7.39. The highest BCUT2D eigenvalue weighted by atomic mass is 35.5. The molecule has 2 amide bonds. The van der Waals surface area contributed by atoms with Crippen molar-refractivity contribution >= 4 is 34.8 Å². The Morgan fingerprint density at radius 1 is 1.00 bits per heavy atom. The summed E-state index contributed by atoms with van der Waals surface area (Å²) < 4.78 is 13.8. The summed E-state index contributed by atoms with van der Waals surface area (Å²) >= 11 is 5.84. The van der Waals surface area contributed by atoms with Gasteiger partial charge in [0.1, 0.15) is 5.82 Å². The summed E-state index contributed by atoms with van der Waals surface area (Å²) in [4.78, 5) is 24.4. The third-order valence-corrected chi connectivity index (χ3v) is 4.53. The van der Waals surface area contributed by atoms with Gasteiger partial charge in [0.25, 0.3) is 5.91 Å². The van der Waals surface area contributed by atoms with E-state index in [0.717, 1.165) is 5.56 Å². The average molecular weight is 424 g/mol. The highest BCUT2D eigenvalue weighted by Gasteiger charge is 2.11. The number of rotatable bonds is 6. The predicted molar refractivity (Wildman–Crippen MR) is 116 cm³/mol. The maximum Gasteiger partial charge on any atom is 0.258 e. The minimum Gasteiger partial charge on any atom is -0.322 e. The van der Waals surface area contributed by atoms with E-state index in [4.69, 9.17) is 11.6 Å². The maximum absolute atomic E-state index is 13.8. The van der Waals surface area contributed by atoms with Gasteiger partial charge in [-0.2, -0.15) is 5.10 Å². The molecule has 30 heavy (non-hydrogen) atoms. The fourth-order valence-electron chi connectivity index (χ4n) is 2.70. The monoisotopic (exact) mass is 423 g/mol. The lowest BCUT2D eigenvalue weighted by atomic mass is 10.1. The largest absolute Gasteiger partial charge is 0.322 e. The zero-order chi connectivity index (χ0) is 21.5. The Morgan fingerprint density at radius 3 is 2.47 bits per heavy atom. The summed E-state index contributed by atoms with van der Waals surface area (Å²) in [6.45, 7) is 1.74. The molecule has 0 atom stereocenters. The van der Waals surface area contributed by atoms with Crippen molar-refractivity contribution in [3.05, 3.63) is 100 Å². The van der Waals surface area contributed by atoms with Crippen LogP contribution in [0, 0.1) is 5.82 Å². The normalized spacial score (nSPS) is 11.1. The average Bonchev–Trinajstić information content (AvgIpc) is 2.74. The van der Waals surface area contributed by atoms with Crippen molar-refractivity contribution in [2.45, 2.75) is 13.3 Å². The van der Waals surface area contributed by atoms with Gasteiger partial charge in [-0.3, -0.25) is 9.59 Å². The highest BCUT2D eigenvalue weighted by Crippen LogP contribution is 2.15. The standard InChI is InChI=1S/C23H19ClFN3O2/c1-15(27-28-22(29)13-16-9-11-18(24)12-10-16)17-5-4-6-19(14-17)26-23(30)20-7-2-3-8-21(20)25/h2-12,14H,13H2,1H3,(H,26,30)(H,28,29)/b27-15-. The van der Waals surface area contributed by atoms with Crippen LogP contribution < -0.4 is 10.7 Å². The van der Waals surface area contributed by atoms with Crippen molar-refractivity contribution in [1.29, 1.82) is 0 Å². The number of halogens is 2. The Kier molecular flexibility index (Phi) is 6.93. The van der Waals surface area contributed by atoms with Gasteiger partial charge < -0.3 is 5.32 Å². The van der Waals surface area contributed by atoms with Crippen molar-refractivity contribution in [1.82, 2.24) is 5.43 Å². The third-order valence-electron chi connectivity index (χ3n) is 4.28. The van der Waals surface area contributed by atoms with Crippen LogP contribution in [0.25, 0.3) is 0 Å². The first-order valence-electron chi connectivity index (χ1n) is 9.16. The highest BCUT2D eigenvalue weighted by molar-refractivity contribution is 6.30. The van der Waals surface area contributed by atoms with Gasteiger partial charge >= 0.3 is 0 Å². The van der Waals surface area contributed by atoms with Crippen molar-refractivity contribution in [2.24, 2.45) is 5.10 Å². The van der Waals surface area contributed by atoms with E-state index in [9.17, 15) is 14.0 Å². The second-order valence-electron chi connectivity index (χ2n) is 6.55. The Labute approximate surface area is 178 Å². The van der Waals surface area contributed by atoms with Crippen molar-refractivity contribution < 1.29 is 14.0 Å².